The molecule has 1 aliphatic rings. The molecular weight excluding hydrogens is 342 g/mol. The van der Waals surface area contributed by atoms with E-state index in [-0.39, 0.29) is 17.6 Å². The lowest BCUT2D eigenvalue weighted by Crippen LogP contribution is -2.30. The SMILES string of the molecule is O=[N+]([O-])c1ccc2c(c1)N[C@@H](c1ccccc1O)N2CCc1ccccc1. The Hall–Kier alpha value is -3.54. The fraction of sp³-hybridized carbons (Fsp3) is 0.143. The molecule has 0 saturated carbocycles. The number of hydrogen-bond donors (Lipinski definition) is 2. The Balaban J connectivity index is 1.69. The summed E-state index contributed by atoms with van der Waals surface area (Å²) in [7, 11) is 0. The second-order valence-corrected chi connectivity index (χ2v) is 6.49. The molecule has 1 aliphatic heterocycles. The third-order valence-electron chi connectivity index (χ3n) is 4.82. The average molecular weight is 361 g/mol. The summed E-state index contributed by atoms with van der Waals surface area (Å²) in [5, 5.41) is 24.8. The van der Waals surface area contributed by atoms with Crippen LogP contribution in [-0.4, -0.2) is 16.6 Å². The molecule has 0 amide bonds. The number of non-ortho nitro benzene ring substituents is 1. The smallest absolute Gasteiger partial charge is 0.271 e. The van der Waals surface area contributed by atoms with Crippen molar-refractivity contribution in [2.45, 2.75) is 12.6 Å². The Morgan fingerprint density at radius 3 is 2.52 bits per heavy atom. The van der Waals surface area contributed by atoms with Crippen molar-refractivity contribution in [1.29, 1.82) is 0 Å². The molecule has 3 aromatic rings. The van der Waals surface area contributed by atoms with Gasteiger partial charge in [0, 0.05) is 24.2 Å². The minimum Gasteiger partial charge on any atom is -0.508 e. The maximum absolute atomic E-state index is 11.1. The molecule has 0 aliphatic carbocycles. The van der Waals surface area contributed by atoms with Gasteiger partial charge in [-0.15, -0.1) is 0 Å². The van der Waals surface area contributed by atoms with E-state index in [1.165, 1.54) is 11.6 Å². The fourth-order valence-electron chi connectivity index (χ4n) is 3.48. The van der Waals surface area contributed by atoms with E-state index in [1.807, 2.05) is 30.3 Å². The summed E-state index contributed by atoms with van der Waals surface area (Å²) in [6, 6.07) is 22.2. The number of hydrogen-bond acceptors (Lipinski definition) is 5. The summed E-state index contributed by atoms with van der Waals surface area (Å²) in [4.78, 5) is 12.9. The molecule has 1 heterocycles. The Bertz CT molecular complexity index is 975. The number of benzene rings is 3. The highest BCUT2D eigenvalue weighted by Gasteiger charge is 2.32. The van der Waals surface area contributed by atoms with Crippen LogP contribution in [0.25, 0.3) is 0 Å². The number of anilines is 2. The van der Waals surface area contributed by atoms with E-state index < -0.39 is 4.92 Å². The number of phenolic OH excluding ortho intramolecular Hbond substituents is 1. The molecular formula is C21H19N3O3. The average Bonchev–Trinajstić information content (AvgIpc) is 3.05. The van der Waals surface area contributed by atoms with Crippen LogP contribution in [0.1, 0.15) is 17.3 Å². The molecule has 1 atom stereocenters. The summed E-state index contributed by atoms with van der Waals surface area (Å²) in [6.45, 7) is 0.709. The fourth-order valence-corrected chi connectivity index (χ4v) is 3.48. The zero-order valence-electron chi connectivity index (χ0n) is 14.6. The van der Waals surface area contributed by atoms with E-state index in [2.05, 4.69) is 22.3 Å². The van der Waals surface area contributed by atoms with E-state index >= 15 is 0 Å². The van der Waals surface area contributed by atoms with Crippen LogP contribution >= 0.6 is 0 Å². The maximum atomic E-state index is 11.1. The lowest BCUT2D eigenvalue weighted by molar-refractivity contribution is -0.384. The van der Waals surface area contributed by atoms with Gasteiger partial charge < -0.3 is 15.3 Å². The Morgan fingerprint density at radius 2 is 1.78 bits per heavy atom. The minimum absolute atomic E-state index is 0.0437. The number of fused-ring (bicyclic) bond motifs is 1. The number of para-hydroxylation sites is 1. The summed E-state index contributed by atoms with van der Waals surface area (Å²) in [5.41, 5.74) is 3.59. The van der Waals surface area contributed by atoms with Gasteiger partial charge in [-0.3, -0.25) is 10.1 Å². The van der Waals surface area contributed by atoms with Gasteiger partial charge >= 0.3 is 0 Å². The minimum atomic E-state index is -0.399. The van der Waals surface area contributed by atoms with Crippen molar-refractivity contribution in [2.75, 3.05) is 16.8 Å². The van der Waals surface area contributed by atoms with E-state index in [9.17, 15) is 15.2 Å². The van der Waals surface area contributed by atoms with Gasteiger partial charge in [0.15, 0.2) is 0 Å². The first kappa shape index (κ1) is 16.9. The molecule has 0 unspecified atom stereocenters. The van der Waals surface area contributed by atoms with Crippen molar-refractivity contribution in [2.24, 2.45) is 0 Å². The van der Waals surface area contributed by atoms with E-state index in [0.717, 1.165) is 17.7 Å². The van der Waals surface area contributed by atoms with Gasteiger partial charge in [-0.05, 0) is 24.1 Å². The van der Waals surface area contributed by atoms with Crippen LogP contribution in [-0.2, 0) is 6.42 Å². The van der Waals surface area contributed by atoms with Crippen molar-refractivity contribution in [3.8, 4) is 5.75 Å². The van der Waals surface area contributed by atoms with Gasteiger partial charge in [0.1, 0.15) is 11.9 Å². The number of nitrogens with one attached hydrogen (secondary N) is 1. The van der Waals surface area contributed by atoms with Gasteiger partial charge in [0.2, 0.25) is 0 Å². The topological polar surface area (TPSA) is 78.6 Å². The lowest BCUT2D eigenvalue weighted by atomic mass is 10.1. The normalized spacial score (nSPS) is 15.3. The summed E-state index contributed by atoms with van der Waals surface area (Å²) >= 11 is 0. The van der Waals surface area contributed by atoms with Crippen LogP contribution in [0.3, 0.4) is 0 Å². The Labute approximate surface area is 156 Å². The standard InChI is InChI=1S/C21H19N3O3/c25-20-9-5-4-8-17(20)21-22-18-14-16(24(26)27)10-11-19(18)23(21)13-12-15-6-2-1-3-7-15/h1-11,14,21-22,25H,12-13H2/t21-/m1/s1. The van der Waals surface area contributed by atoms with Gasteiger partial charge in [-0.1, -0.05) is 48.5 Å². The Morgan fingerprint density at radius 1 is 1.04 bits per heavy atom. The number of rotatable bonds is 5. The largest absolute Gasteiger partial charge is 0.508 e. The van der Waals surface area contributed by atoms with Crippen LogP contribution in [0.4, 0.5) is 17.1 Å². The third-order valence-corrected chi connectivity index (χ3v) is 4.82. The molecule has 0 bridgehead atoms. The van der Waals surface area contributed by atoms with Crippen molar-refractivity contribution >= 4 is 17.1 Å². The van der Waals surface area contributed by atoms with E-state index in [4.69, 9.17) is 0 Å². The van der Waals surface area contributed by atoms with Crippen LogP contribution in [0.5, 0.6) is 5.75 Å². The molecule has 3 aromatic carbocycles. The highest BCUT2D eigenvalue weighted by Crippen LogP contribution is 2.44. The molecule has 2 N–H and O–H groups in total. The molecule has 6 nitrogen and oxygen atoms in total. The zero-order valence-corrected chi connectivity index (χ0v) is 14.6. The molecule has 0 fully saturated rings. The number of phenols is 1. The van der Waals surface area contributed by atoms with Gasteiger partial charge in [-0.2, -0.15) is 0 Å². The van der Waals surface area contributed by atoms with E-state index in [0.29, 0.717) is 12.2 Å². The second kappa shape index (κ2) is 6.99. The van der Waals surface area contributed by atoms with Gasteiger partial charge in [-0.25, -0.2) is 0 Å². The quantitative estimate of drug-likeness (QED) is 0.518. The third kappa shape index (κ3) is 3.29. The molecule has 27 heavy (non-hydrogen) atoms. The highest BCUT2D eigenvalue weighted by atomic mass is 16.6. The maximum Gasteiger partial charge on any atom is 0.271 e. The molecule has 136 valence electrons. The number of nitro benzene ring substituents is 1. The van der Waals surface area contributed by atoms with Crippen molar-refractivity contribution in [1.82, 2.24) is 0 Å². The van der Waals surface area contributed by atoms with Crippen molar-refractivity contribution in [3.05, 3.63) is 94.0 Å². The summed E-state index contributed by atoms with van der Waals surface area (Å²) in [5.74, 6) is 0.196. The molecule has 0 saturated heterocycles. The van der Waals surface area contributed by atoms with Crippen LogP contribution in [0.15, 0.2) is 72.8 Å². The second-order valence-electron chi connectivity index (χ2n) is 6.49. The first-order chi connectivity index (χ1) is 13.1. The van der Waals surface area contributed by atoms with Crippen molar-refractivity contribution < 1.29 is 10.0 Å². The summed E-state index contributed by atoms with van der Waals surface area (Å²) < 4.78 is 0. The predicted octanol–water partition coefficient (Wildman–Crippen LogP) is 4.47. The van der Waals surface area contributed by atoms with Gasteiger partial charge in [0.05, 0.1) is 16.3 Å². The highest BCUT2D eigenvalue weighted by molar-refractivity contribution is 5.79. The van der Waals surface area contributed by atoms with E-state index in [1.54, 1.807) is 24.3 Å². The summed E-state index contributed by atoms with van der Waals surface area (Å²) in [6.07, 6.45) is 0.537. The predicted molar refractivity (Wildman–Crippen MR) is 105 cm³/mol. The Kier molecular flexibility index (Phi) is 4.38. The molecule has 0 spiro atoms. The first-order valence-corrected chi connectivity index (χ1v) is 8.77. The molecule has 6 heteroatoms. The first-order valence-electron chi connectivity index (χ1n) is 8.77. The number of nitrogens with zero attached hydrogens (tertiary/aromatic N) is 2. The molecule has 0 aromatic heterocycles. The van der Waals surface area contributed by atoms with Crippen molar-refractivity contribution in [3.63, 3.8) is 0 Å². The number of aromatic hydroxyl groups is 1. The van der Waals surface area contributed by atoms with Crippen LogP contribution in [0.2, 0.25) is 0 Å². The zero-order chi connectivity index (χ0) is 18.8. The van der Waals surface area contributed by atoms with Crippen LogP contribution in [0, 0.1) is 10.1 Å². The lowest BCUT2D eigenvalue weighted by Gasteiger charge is -2.27. The van der Waals surface area contributed by atoms with Gasteiger partial charge in [0.25, 0.3) is 5.69 Å². The number of nitro groups is 1. The molecule has 0 radical (unpaired) electrons. The monoisotopic (exact) mass is 361 g/mol. The van der Waals surface area contributed by atoms with Crippen LogP contribution < -0.4 is 10.2 Å². The molecule has 4 rings (SSSR count).